The predicted octanol–water partition coefficient (Wildman–Crippen LogP) is 2.89. The fourth-order valence-corrected chi connectivity index (χ4v) is 5.09. The second-order valence-corrected chi connectivity index (χ2v) is 8.15. The lowest BCUT2D eigenvalue weighted by Gasteiger charge is -2.46. The molecule has 2 fully saturated rings. The van der Waals surface area contributed by atoms with E-state index in [2.05, 4.69) is 10.2 Å². The zero-order chi connectivity index (χ0) is 20.9. The number of rotatable bonds is 3. The molecule has 7 heteroatoms. The third kappa shape index (κ3) is 2.76. The quantitative estimate of drug-likeness (QED) is 0.793. The van der Waals surface area contributed by atoms with Gasteiger partial charge in [0.1, 0.15) is 5.54 Å². The summed E-state index contributed by atoms with van der Waals surface area (Å²) in [5.41, 5.74) is 2.09. The molecule has 2 saturated heterocycles. The normalized spacial score (nSPS) is 25.7. The minimum Gasteiger partial charge on any atom is -0.493 e. The maximum atomic E-state index is 13.5. The zero-order valence-electron chi connectivity index (χ0n) is 17.2. The minimum absolute atomic E-state index is 0.0438. The van der Waals surface area contributed by atoms with E-state index in [4.69, 9.17) is 9.47 Å². The van der Waals surface area contributed by atoms with Crippen LogP contribution in [0.15, 0.2) is 42.5 Å². The SMILES string of the molecule is COc1cc2c(cc1OC)[C@H]1C[C@]3(CCN1CC2)NC(=O)N(c1ccccc1)C3=O. The first-order chi connectivity index (χ1) is 14.6. The number of benzene rings is 2. The van der Waals surface area contributed by atoms with Gasteiger partial charge in [0.2, 0.25) is 0 Å². The summed E-state index contributed by atoms with van der Waals surface area (Å²) in [5, 5.41) is 3.04. The van der Waals surface area contributed by atoms with Crippen molar-refractivity contribution in [3.63, 3.8) is 0 Å². The molecule has 1 spiro atoms. The van der Waals surface area contributed by atoms with Crippen molar-refractivity contribution in [2.45, 2.75) is 30.8 Å². The topological polar surface area (TPSA) is 71.1 Å². The molecular weight excluding hydrogens is 382 g/mol. The molecule has 0 aliphatic carbocycles. The highest BCUT2D eigenvalue weighted by molar-refractivity contribution is 6.23. The van der Waals surface area contributed by atoms with Gasteiger partial charge in [0.05, 0.1) is 19.9 Å². The van der Waals surface area contributed by atoms with Crippen molar-refractivity contribution in [2.24, 2.45) is 0 Å². The summed E-state index contributed by atoms with van der Waals surface area (Å²) in [4.78, 5) is 30.0. The van der Waals surface area contributed by atoms with Crippen LogP contribution in [-0.4, -0.2) is 49.7 Å². The summed E-state index contributed by atoms with van der Waals surface area (Å²) >= 11 is 0. The first-order valence-electron chi connectivity index (χ1n) is 10.3. The number of anilines is 1. The number of ether oxygens (including phenoxy) is 2. The number of carbonyl (C=O) groups excluding carboxylic acids is 2. The van der Waals surface area contributed by atoms with Gasteiger partial charge in [-0.3, -0.25) is 9.69 Å². The van der Waals surface area contributed by atoms with Crippen LogP contribution in [0.3, 0.4) is 0 Å². The smallest absolute Gasteiger partial charge is 0.329 e. The Hall–Kier alpha value is -3.06. The number of fused-ring (bicyclic) bond motifs is 3. The molecule has 30 heavy (non-hydrogen) atoms. The number of para-hydroxylation sites is 1. The first kappa shape index (κ1) is 18.9. The largest absolute Gasteiger partial charge is 0.493 e. The lowest BCUT2D eigenvalue weighted by Crippen LogP contribution is -2.57. The second-order valence-electron chi connectivity index (χ2n) is 8.15. The van der Waals surface area contributed by atoms with E-state index in [1.54, 1.807) is 26.4 Å². The molecule has 0 saturated carbocycles. The number of nitrogens with zero attached hydrogens (tertiary/aromatic N) is 2. The third-order valence-electron chi connectivity index (χ3n) is 6.66. The third-order valence-corrected chi connectivity index (χ3v) is 6.66. The van der Waals surface area contributed by atoms with E-state index in [1.807, 2.05) is 30.3 Å². The van der Waals surface area contributed by atoms with E-state index in [-0.39, 0.29) is 18.0 Å². The molecule has 2 aromatic carbocycles. The maximum Gasteiger partial charge on any atom is 0.329 e. The van der Waals surface area contributed by atoms with E-state index in [1.165, 1.54) is 10.5 Å². The molecule has 7 nitrogen and oxygen atoms in total. The molecule has 5 rings (SSSR count). The molecule has 0 bridgehead atoms. The number of carbonyl (C=O) groups is 2. The highest BCUT2D eigenvalue weighted by Gasteiger charge is 2.55. The van der Waals surface area contributed by atoms with E-state index >= 15 is 0 Å². The average molecular weight is 407 g/mol. The number of urea groups is 1. The van der Waals surface area contributed by atoms with Gasteiger partial charge in [-0.15, -0.1) is 0 Å². The highest BCUT2D eigenvalue weighted by Crippen LogP contribution is 2.46. The number of amides is 3. The van der Waals surface area contributed by atoms with Crippen molar-refractivity contribution in [3.8, 4) is 11.5 Å². The standard InChI is InChI=1S/C23H25N3O4/c1-29-19-12-15-8-10-25-11-9-23(14-18(25)17(15)13-20(19)30-2)21(27)26(22(28)24-23)16-6-4-3-5-7-16/h3-7,12-13,18H,8-11,14H2,1-2H3,(H,24,28)/t18-,23+/m1/s1. The zero-order valence-corrected chi connectivity index (χ0v) is 17.2. The number of methoxy groups -OCH3 is 2. The van der Waals surface area contributed by atoms with Gasteiger partial charge in [-0.05, 0) is 54.7 Å². The summed E-state index contributed by atoms with van der Waals surface area (Å²) in [6, 6.07) is 12.9. The fourth-order valence-electron chi connectivity index (χ4n) is 5.09. The lowest BCUT2D eigenvalue weighted by molar-refractivity contribution is -0.124. The van der Waals surface area contributed by atoms with Gasteiger partial charge >= 0.3 is 6.03 Å². The van der Waals surface area contributed by atoms with E-state index in [0.717, 1.165) is 30.8 Å². The lowest BCUT2D eigenvalue weighted by atomic mass is 9.77. The van der Waals surface area contributed by atoms with Crippen LogP contribution in [0.25, 0.3) is 0 Å². The molecule has 0 radical (unpaired) electrons. The molecule has 3 heterocycles. The Morgan fingerprint density at radius 2 is 1.77 bits per heavy atom. The van der Waals surface area contributed by atoms with Crippen LogP contribution in [0.2, 0.25) is 0 Å². The van der Waals surface area contributed by atoms with Crippen LogP contribution in [0.1, 0.15) is 30.0 Å². The molecule has 3 aliphatic heterocycles. The van der Waals surface area contributed by atoms with Crippen LogP contribution >= 0.6 is 0 Å². The molecule has 156 valence electrons. The van der Waals surface area contributed by atoms with Crippen LogP contribution < -0.4 is 19.7 Å². The Kier molecular flexibility index (Phi) is 4.43. The summed E-state index contributed by atoms with van der Waals surface area (Å²) in [6.07, 6.45) is 2.08. The van der Waals surface area contributed by atoms with Crippen molar-refractivity contribution in [1.82, 2.24) is 10.2 Å². The molecule has 3 aliphatic rings. The number of nitrogens with one attached hydrogen (secondary N) is 1. The van der Waals surface area contributed by atoms with E-state index < -0.39 is 5.54 Å². The first-order valence-corrected chi connectivity index (χ1v) is 10.3. The Balaban J connectivity index is 1.50. The molecular formula is C23H25N3O4. The fraction of sp³-hybridized carbons (Fsp3) is 0.391. The van der Waals surface area contributed by atoms with Gasteiger partial charge in [-0.25, -0.2) is 9.69 Å². The van der Waals surface area contributed by atoms with E-state index in [0.29, 0.717) is 24.3 Å². The average Bonchev–Trinajstić information content (AvgIpc) is 3.02. The number of hydrogen-bond acceptors (Lipinski definition) is 5. The summed E-state index contributed by atoms with van der Waals surface area (Å²) in [7, 11) is 3.27. The van der Waals surface area contributed by atoms with Crippen LogP contribution in [-0.2, 0) is 11.2 Å². The monoisotopic (exact) mass is 407 g/mol. The molecule has 1 N–H and O–H groups in total. The number of imide groups is 1. The summed E-state index contributed by atoms with van der Waals surface area (Å²) in [5.74, 6) is 1.24. The van der Waals surface area contributed by atoms with Gasteiger partial charge in [0.15, 0.2) is 11.5 Å². The van der Waals surface area contributed by atoms with Gasteiger partial charge < -0.3 is 14.8 Å². The van der Waals surface area contributed by atoms with Gasteiger partial charge in [-0.2, -0.15) is 0 Å². The van der Waals surface area contributed by atoms with Crippen molar-refractivity contribution < 1.29 is 19.1 Å². The Bertz CT molecular complexity index is 1010. The molecule has 0 aromatic heterocycles. The highest BCUT2D eigenvalue weighted by atomic mass is 16.5. The predicted molar refractivity (Wildman–Crippen MR) is 112 cm³/mol. The molecule has 0 unspecified atom stereocenters. The Morgan fingerprint density at radius 3 is 2.50 bits per heavy atom. The van der Waals surface area contributed by atoms with Crippen LogP contribution in [0.5, 0.6) is 11.5 Å². The van der Waals surface area contributed by atoms with Crippen molar-refractivity contribution in [2.75, 3.05) is 32.2 Å². The van der Waals surface area contributed by atoms with Gasteiger partial charge in [0, 0.05) is 19.1 Å². The molecule has 3 amide bonds. The summed E-state index contributed by atoms with van der Waals surface area (Å²) in [6.45, 7) is 1.68. The van der Waals surface area contributed by atoms with Crippen molar-refractivity contribution in [1.29, 1.82) is 0 Å². The number of hydrogen-bond donors (Lipinski definition) is 1. The van der Waals surface area contributed by atoms with Gasteiger partial charge in [-0.1, -0.05) is 18.2 Å². The summed E-state index contributed by atoms with van der Waals surface area (Å²) < 4.78 is 11.0. The second kappa shape index (κ2) is 7.02. The Labute approximate surface area is 175 Å². The van der Waals surface area contributed by atoms with Crippen molar-refractivity contribution >= 4 is 17.6 Å². The maximum absolute atomic E-state index is 13.5. The van der Waals surface area contributed by atoms with Crippen LogP contribution in [0.4, 0.5) is 10.5 Å². The van der Waals surface area contributed by atoms with E-state index in [9.17, 15) is 9.59 Å². The molecule has 2 atom stereocenters. The number of piperidine rings is 1. The van der Waals surface area contributed by atoms with Crippen LogP contribution in [0, 0.1) is 0 Å². The minimum atomic E-state index is -0.879. The van der Waals surface area contributed by atoms with Gasteiger partial charge in [0.25, 0.3) is 5.91 Å². The van der Waals surface area contributed by atoms with Crippen molar-refractivity contribution in [3.05, 3.63) is 53.6 Å². The molecule has 2 aromatic rings. The Morgan fingerprint density at radius 1 is 1.03 bits per heavy atom.